The smallest absolute Gasteiger partial charge is 0.227 e. The first kappa shape index (κ1) is 16.6. The molecule has 0 bridgehead atoms. The lowest BCUT2D eigenvalue weighted by molar-refractivity contribution is -0.132. The van der Waals surface area contributed by atoms with Gasteiger partial charge in [-0.3, -0.25) is 9.69 Å². The number of aryl methyl sites for hydroxylation is 1. The molecule has 0 saturated carbocycles. The summed E-state index contributed by atoms with van der Waals surface area (Å²) in [4.78, 5) is 20.6. The molecule has 2 aliphatic rings. The summed E-state index contributed by atoms with van der Waals surface area (Å²) >= 11 is 0. The van der Waals surface area contributed by atoms with Gasteiger partial charge < -0.3 is 14.6 Å². The Morgan fingerprint density at radius 3 is 2.80 bits per heavy atom. The standard InChI is InChI=1S/C20H27N3O2/c1-15-18(17-6-2-3-7-19(17)21-15)13-20(24)23-10-8-22(9-11-23)14-16-5-4-12-25-16/h2-3,6-7,16,21H,4-5,8-14H2,1H3. The maximum atomic E-state index is 12.8. The molecule has 2 saturated heterocycles. The molecule has 0 spiro atoms. The van der Waals surface area contributed by atoms with Crippen molar-refractivity contribution in [2.45, 2.75) is 32.3 Å². The molecule has 134 valence electrons. The maximum Gasteiger partial charge on any atom is 0.227 e. The van der Waals surface area contributed by atoms with Crippen LogP contribution in [0.2, 0.25) is 0 Å². The summed E-state index contributed by atoms with van der Waals surface area (Å²) < 4.78 is 5.73. The summed E-state index contributed by atoms with van der Waals surface area (Å²) in [7, 11) is 0. The van der Waals surface area contributed by atoms with Gasteiger partial charge in [0.05, 0.1) is 12.5 Å². The van der Waals surface area contributed by atoms with Gasteiger partial charge in [-0.25, -0.2) is 0 Å². The zero-order valence-corrected chi connectivity index (χ0v) is 15.0. The average Bonchev–Trinajstić information content (AvgIpc) is 3.24. The van der Waals surface area contributed by atoms with Crippen molar-refractivity contribution in [2.75, 3.05) is 39.3 Å². The van der Waals surface area contributed by atoms with E-state index in [-0.39, 0.29) is 5.91 Å². The maximum absolute atomic E-state index is 12.8. The lowest BCUT2D eigenvalue weighted by Gasteiger charge is -2.35. The molecule has 1 atom stereocenters. The minimum atomic E-state index is 0.240. The van der Waals surface area contributed by atoms with Crippen molar-refractivity contribution in [1.82, 2.24) is 14.8 Å². The number of amides is 1. The first-order chi connectivity index (χ1) is 12.2. The molecule has 2 aromatic rings. The van der Waals surface area contributed by atoms with Crippen LogP contribution in [0.5, 0.6) is 0 Å². The summed E-state index contributed by atoms with van der Waals surface area (Å²) in [5, 5.41) is 1.17. The zero-order chi connectivity index (χ0) is 17.2. The van der Waals surface area contributed by atoms with Gasteiger partial charge in [-0.2, -0.15) is 0 Å². The molecule has 25 heavy (non-hydrogen) atoms. The molecule has 0 aliphatic carbocycles. The third-order valence-electron chi connectivity index (χ3n) is 5.57. The van der Waals surface area contributed by atoms with Gasteiger partial charge in [-0.1, -0.05) is 18.2 Å². The minimum absolute atomic E-state index is 0.240. The molecule has 1 unspecified atom stereocenters. The SMILES string of the molecule is Cc1[nH]c2ccccc2c1CC(=O)N1CCN(CC2CCCO2)CC1. The van der Waals surface area contributed by atoms with Gasteiger partial charge >= 0.3 is 0 Å². The monoisotopic (exact) mass is 341 g/mol. The van der Waals surface area contributed by atoms with Crippen LogP contribution in [0.3, 0.4) is 0 Å². The molecule has 2 aliphatic heterocycles. The summed E-state index contributed by atoms with van der Waals surface area (Å²) in [6.45, 7) is 7.55. The van der Waals surface area contributed by atoms with E-state index in [0.29, 0.717) is 12.5 Å². The first-order valence-electron chi connectivity index (χ1n) is 9.38. The van der Waals surface area contributed by atoms with Crippen molar-refractivity contribution in [3.8, 4) is 0 Å². The molecule has 1 amide bonds. The number of carbonyl (C=O) groups excluding carboxylic acids is 1. The second-order valence-corrected chi connectivity index (χ2v) is 7.27. The molecule has 2 fully saturated rings. The molecule has 1 N–H and O–H groups in total. The highest BCUT2D eigenvalue weighted by Gasteiger charge is 2.25. The van der Waals surface area contributed by atoms with Crippen LogP contribution in [0.25, 0.3) is 10.9 Å². The van der Waals surface area contributed by atoms with E-state index in [9.17, 15) is 4.79 Å². The van der Waals surface area contributed by atoms with E-state index in [4.69, 9.17) is 4.74 Å². The van der Waals surface area contributed by atoms with Crippen molar-refractivity contribution < 1.29 is 9.53 Å². The van der Waals surface area contributed by atoms with E-state index in [0.717, 1.165) is 56.1 Å². The number of benzene rings is 1. The van der Waals surface area contributed by atoms with Crippen LogP contribution in [-0.4, -0.2) is 66.1 Å². The fourth-order valence-electron chi connectivity index (χ4n) is 4.08. The van der Waals surface area contributed by atoms with Gasteiger partial charge in [-0.05, 0) is 31.4 Å². The van der Waals surface area contributed by atoms with E-state index >= 15 is 0 Å². The number of nitrogens with zero attached hydrogens (tertiary/aromatic N) is 2. The van der Waals surface area contributed by atoms with Gasteiger partial charge in [0.2, 0.25) is 5.91 Å². The highest BCUT2D eigenvalue weighted by Crippen LogP contribution is 2.23. The summed E-state index contributed by atoms with van der Waals surface area (Å²) in [6.07, 6.45) is 3.25. The number of carbonyl (C=O) groups is 1. The van der Waals surface area contributed by atoms with E-state index in [1.807, 2.05) is 17.0 Å². The van der Waals surface area contributed by atoms with Crippen LogP contribution < -0.4 is 0 Å². The molecular weight excluding hydrogens is 314 g/mol. The second kappa shape index (κ2) is 7.18. The normalized spacial score (nSPS) is 22.0. The number of fused-ring (bicyclic) bond motifs is 1. The predicted molar refractivity (Wildman–Crippen MR) is 98.7 cm³/mol. The Kier molecular flexibility index (Phi) is 4.77. The van der Waals surface area contributed by atoms with Crippen LogP contribution in [-0.2, 0) is 16.0 Å². The van der Waals surface area contributed by atoms with Crippen molar-refractivity contribution in [2.24, 2.45) is 0 Å². The van der Waals surface area contributed by atoms with Crippen LogP contribution in [0.15, 0.2) is 24.3 Å². The molecule has 3 heterocycles. The van der Waals surface area contributed by atoms with Gasteiger partial charge in [-0.15, -0.1) is 0 Å². The Hall–Kier alpha value is -1.85. The second-order valence-electron chi connectivity index (χ2n) is 7.27. The molecule has 5 heteroatoms. The Balaban J connectivity index is 1.35. The van der Waals surface area contributed by atoms with Crippen molar-refractivity contribution in [3.63, 3.8) is 0 Å². The Labute approximate surface area is 148 Å². The van der Waals surface area contributed by atoms with E-state index in [1.54, 1.807) is 0 Å². The number of aromatic nitrogens is 1. The van der Waals surface area contributed by atoms with E-state index in [2.05, 4.69) is 28.9 Å². The molecule has 0 radical (unpaired) electrons. The average molecular weight is 341 g/mol. The largest absolute Gasteiger partial charge is 0.377 e. The number of rotatable bonds is 4. The van der Waals surface area contributed by atoms with Gasteiger partial charge in [0.1, 0.15) is 0 Å². The van der Waals surface area contributed by atoms with Gasteiger partial charge in [0.15, 0.2) is 0 Å². The molecule has 5 nitrogen and oxygen atoms in total. The number of H-pyrrole nitrogens is 1. The zero-order valence-electron chi connectivity index (χ0n) is 15.0. The van der Waals surface area contributed by atoms with Crippen LogP contribution in [0, 0.1) is 6.92 Å². The first-order valence-corrected chi connectivity index (χ1v) is 9.38. The predicted octanol–water partition coefficient (Wildman–Crippen LogP) is 2.34. The lowest BCUT2D eigenvalue weighted by atomic mass is 10.1. The third-order valence-corrected chi connectivity index (χ3v) is 5.57. The minimum Gasteiger partial charge on any atom is -0.377 e. The van der Waals surface area contributed by atoms with Crippen molar-refractivity contribution in [3.05, 3.63) is 35.5 Å². The van der Waals surface area contributed by atoms with Crippen LogP contribution in [0.1, 0.15) is 24.1 Å². The fraction of sp³-hybridized carbons (Fsp3) is 0.550. The Morgan fingerprint density at radius 2 is 2.04 bits per heavy atom. The number of piperazine rings is 1. The van der Waals surface area contributed by atoms with E-state index in [1.165, 1.54) is 18.2 Å². The quantitative estimate of drug-likeness (QED) is 0.929. The number of para-hydroxylation sites is 1. The third kappa shape index (κ3) is 3.58. The number of hydrogen-bond donors (Lipinski definition) is 1. The number of hydrogen-bond acceptors (Lipinski definition) is 3. The highest BCUT2D eigenvalue weighted by atomic mass is 16.5. The highest BCUT2D eigenvalue weighted by molar-refractivity contribution is 5.90. The van der Waals surface area contributed by atoms with Crippen LogP contribution in [0.4, 0.5) is 0 Å². The molecule has 4 rings (SSSR count). The van der Waals surface area contributed by atoms with Crippen molar-refractivity contribution in [1.29, 1.82) is 0 Å². The Bertz CT molecular complexity index is 740. The number of nitrogens with one attached hydrogen (secondary N) is 1. The number of ether oxygens (including phenoxy) is 1. The summed E-state index contributed by atoms with van der Waals surface area (Å²) in [5.74, 6) is 0.240. The summed E-state index contributed by atoms with van der Waals surface area (Å²) in [5.41, 5.74) is 3.36. The van der Waals surface area contributed by atoms with Crippen molar-refractivity contribution >= 4 is 16.8 Å². The van der Waals surface area contributed by atoms with Gasteiger partial charge in [0.25, 0.3) is 0 Å². The Morgan fingerprint density at radius 1 is 1.24 bits per heavy atom. The fourth-order valence-corrected chi connectivity index (χ4v) is 4.08. The van der Waals surface area contributed by atoms with Gasteiger partial charge in [0, 0.05) is 55.9 Å². The molecule has 1 aromatic heterocycles. The van der Waals surface area contributed by atoms with Crippen LogP contribution >= 0.6 is 0 Å². The lowest BCUT2D eigenvalue weighted by Crippen LogP contribution is -2.50. The molecule has 1 aromatic carbocycles. The molecular formula is C20H27N3O2. The topological polar surface area (TPSA) is 48.6 Å². The number of aromatic amines is 1. The van der Waals surface area contributed by atoms with E-state index < -0.39 is 0 Å². The summed E-state index contributed by atoms with van der Waals surface area (Å²) in [6, 6.07) is 8.23.